The second-order valence-electron chi connectivity index (χ2n) is 11.6. The summed E-state index contributed by atoms with van der Waals surface area (Å²) in [6.07, 6.45) is 9.85. The topological polar surface area (TPSA) is 60.5 Å². The normalized spacial score (nSPS) is 15.5. The fourth-order valence-corrected chi connectivity index (χ4v) is 6.36. The first-order valence-electron chi connectivity index (χ1n) is 15.2. The van der Waals surface area contributed by atoms with Crippen molar-refractivity contribution in [1.29, 1.82) is 0 Å². The number of hydrogen-bond acceptors (Lipinski definition) is 6. The van der Waals surface area contributed by atoms with Gasteiger partial charge in [0.2, 0.25) is 5.91 Å². The third kappa shape index (κ3) is 6.99. The zero-order chi connectivity index (χ0) is 30.2. The van der Waals surface area contributed by atoms with Gasteiger partial charge in [-0.3, -0.25) is 9.69 Å². The van der Waals surface area contributed by atoms with Crippen LogP contribution in [-0.2, 0) is 23.2 Å². The number of nitrogens with zero attached hydrogens (tertiary/aromatic N) is 2. The molecule has 1 saturated carbocycles. The molecule has 0 spiro atoms. The van der Waals surface area contributed by atoms with Crippen LogP contribution in [0.2, 0.25) is 0 Å². The van der Waals surface area contributed by atoms with E-state index in [1.807, 2.05) is 35.4 Å². The van der Waals surface area contributed by atoms with Gasteiger partial charge in [-0.05, 0) is 90.2 Å². The van der Waals surface area contributed by atoms with Crippen LogP contribution in [0.5, 0.6) is 23.0 Å². The van der Waals surface area contributed by atoms with Gasteiger partial charge in [0.25, 0.3) is 0 Å². The van der Waals surface area contributed by atoms with Crippen molar-refractivity contribution in [3.63, 3.8) is 0 Å². The van der Waals surface area contributed by atoms with Gasteiger partial charge in [-0.2, -0.15) is 0 Å². The minimum atomic E-state index is 0.0960. The van der Waals surface area contributed by atoms with E-state index in [-0.39, 0.29) is 11.3 Å². The molecule has 1 heterocycles. The Hall–Kier alpha value is -3.97. The highest BCUT2D eigenvalue weighted by Crippen LogP contribution is 2.48. The molecule has 7 nitrogen and oxygen atoms in total. The van der Waals surface area contributed by atoms with E-state index in [2.05, 4.69) is 47.4 Å². The van der Waals surface area contributed by atoms with E-state index in [9.17, 15) is 4.79 Å². The lowest BCUT2D eigenvalue weighted by Crippen LogP contribution is -2.39. The van der Waals surface area contributed by atoms with Crippen molar-refractivity contribution in [3.8, 4) is 23.0 Å². The molecule has 43 heavy (non-hydrogen) atoms. The van der Waals surface area contributed by atoms with E-state index in [1.54, 1.807) is 28.4 Å². The molecule has 0 bridgehead atoms. The Balaban J connectivity index is 1.25. The molecule has 1 aliphatic heterocycles. The highest BCUT2D eigenvalue weighted by atomic mass is 16.5. The lowest BCUT2D eigenvalue weighted by Gasteiger charge is -2.44. The molecule has 0 aromatic heterocycles. The molecule has 0 N–H and O–H groups in total. The number of fused-ring (bicyclic) bond motifs is 1. The Morgan fingerprint density at radius 3 is 2.19 bits per heavy atom. The third-order valence-electron chi connectivity index (χ3n) is 9.08. The SMILES string of the molecule is COc1ccc(C2(CCN(CCCN3C=Cc4cc(OC)c(OC)cc4CC3=O)Cc3ccccc3)CCC2)cc1OC. The first kappa shape index (κ1) is 30.5. The van der Waals surface area contributed by atoms with Crippen LogP contribution < -0.4 is 18.9 Å². The summed E-state index contributed by atoms with van der Waals surface area (Å²) in [6, 6.07) is 20.9. The quantitative estimate of drug-likeness (QED) is 0.216. The maximum absolute atomic E-state index is 13.2. The second kappa shape index (κ2) is 14.0. The van der Waals surface area contributed by atoms with Crippen molar-refractivity contribution >= 4 is 12.0 Å². The zero-order valence-corrected chi connectivity index (χ0v) is 25.9. The minimum Gasteiger partial charge on any atom is -0.493 e. The van der Waals surface area contributed by atoms with Gasteiger partial charge in [0.15, 0.2) is 23.0 Å². The van der Waals surface area contributed by atoms with Crippen LogP contribution in [0.1, 0.15) is 54.4 Å². The second-order valence-corrected chi connectivity index (χ2v) is 11.6. The van der Waals surface area contributed by atoms with Gasteiger partial charge in [0, 0.05) is 25.8 Å². The molecule has 7 heteroatoms. The molecule has 3 aromatic rings. The number of ether oxygens (including phenoxy) is 4. The Bertz CT molecular complexity index is 1420. The van der Waals surface area contributed by atoms with Gasteiger partial charge in [0.1, 0.15) is 0 Å². The van der Waals surface area contributed by atoms with Crippen molar-refractivity contribution < 1.29 is 23.7 Å². The summed E-state index contributed by atoms with van der Waals surface area (Å²) >= 11 is 0. The summed E-state index contributed by atoms with van der Waals surface area (Å²) in [6.45, 7) is 3.45. The monoisotopic (exact) mass is 584 g/mol. The number of carbonyl (C=O) groups excluding carboxylic acids is 1. The fourth-order valence-electron chi connectivity index (χ4n) is 6.36. The summed E-state index contributed by atoms with van der Waals surface area (Å²) in [5, 5.41) is 0. The Labute approximate surface area is 256 Å². The number of rotatable bonds is 14. The molecule has 5 rings (SSSR count). The number of amides is 1. The minimum absolute atomic E-state index is 0.0960. The van der Waals surface area contributed by atoms with Gasteiger partial charge < -0.3 is 23.8 Å². The summed E-state index contributed by atoms with van der Waals surface area (Å²) < 4.78 is 22.1. The van der Waals surface area contributed by atoms with Gasteiger partial charge in [0.05, 0.1) is 34.9 Å². The predicted molar refractivity (Wildman–Crippen MR) is 170 cm³/mol. The van der Waals surface area contributed by atoms with E-state index in [0.29, 0.717) is 24.5 Å². The number of carbonyl (C=O) groups is 1. The van der Waals surface area contributed by atoms with Crippen LogP contribution >= 0.6 is 0 Å². The maximum atomic E-state index is 13.2. The van der Waals surface area contributed by atoms with Crippen LogP contribution in [-0.4, -0.2) is 63.8 Å². The summed E-state index contributed by atoms with van der Waals surface area (Å²) in [5.74, 6) is 2.97. The van der Waals surface area contributed by atoms with Crippen molar-refractivity contribution in [2.45, 2.75) is 50.5 Å². The summed E-state index contributed by atoms with van der Waals surface area (Å²) in [5.41, 5.74) is 4.74. The zero-order valence-electron chi connectivity index (χ0n) is 25.9. The van der Waals surface area contributed by atoms with Gasteiger partial charge in [-0.1, -0.05) is 42.8 Å². The molecule has 1 fully saturated rings. The number of benzene rings is 3. The van der Waals surface area contributed by atoms with E-state index in [1.165, 1.54) is 30.4 Å². The molecular formula is C36H44N2O5. The molecular weight excluding hydrogens is 540 g/mol. The van der Waals surface area contributed by atoms with Crippen molar-refractivity contribution in [2.24, 2.45) is 0 Å². The van der Waals surface area contributed by atoms with Crippen LogP contribution in [0, 0.1) is 0 Å². The van der Waals surface area contributed by atoms with Crippen LogP contribution in [0.4, 0.5) is 0 Å². The molecule has 2 aliphatic rings. The van der Waals surface area contributed by atoms with Crippen LogP contribution in [0.15, 0.2) is 66.9 Å². The van der Waals surface area contributed by atoms with Gasteiger partial charge in [-0.25, -0.2) is 0 Å². The highest BCUT2D eigenvalue weighted by Gasteiger charge is 2.39. The first-order valence-corrected chi connectivity index (χ1v) is 15.2. The third-order valence-corrected chi connectivity index (χ3v) is 9.08. The number of methoxy groups -OCH3 is 4. The lowest BCUT2D eigenvalue weighted by atomic mass is 9.62. The molecule has 3 aromatic carbocycles. The maximum Gasteiger partial charge on any atom is 0.230 e. The molecule has 228 valence electrons. The van der Waals surface area contributed by atoms with Gasteiger partial charge >= 0.3 is 0 Å². The summed E-state index contributed by atoms with van der Waals surface area (Å²) in [7, 11) is 6.63. The van der Waals surface area contributed by atoms with Crippen LogP contribution in [0.25, 0.3) is 6.08 Å². The van der Waals surface area contributed by atoms with E-state index >= 15 is 0 Å². The molecule has 0 radical (unpaired) electrons. The average Bonchev–Trinajstić information content (AvgIpc) is 3.17. The highest BCUT2D eigenvalue weighted by molar-refractivity contribution is 5.84. The standard InChI is InChI=1S/C36H44N2O5/c1-40-31-13-12-30(25-34(31)43-4)36(15-8-16-36)17-21-37(26-27-10-6-5-7-11-27)18-9-19-38-20-14-28-22-32(41-2)33(42-3)23-29(28)24-35(38)39/h5-7,10-14,20,22-23,25H,8-9,15-19,21,24,26H2,1-4H3. The largest absolute Gasteiger partial charge is 0.493 e. The van der Waals surface area contributed by atoms with Crippen molar-refractivity contribution in [1.82, 2.24) is 9.80 Å². The summed E-state index contributed by atoms with van der Waals surface area (Å²) in [4.78, 5) is 17.6. The molecule has 1 amide bonds. The molecule has 0 atom stereocenters. The predicted octanol–water partition coefficient (Wildman–Crippen LogP) is 6.48. The Kier molecular flexibility index (Phi) is 9.93. The Morgan fingerprint density at radius 2 is 1.51 bits per heavy atom. The van der Waals surface area contributed by atoms with E-state index in [0.717, 1.165) is 55.1 Å². The Morgan fingerprint density at radius 1 is 0.814 bits per heavy atom. The van der Waals surface area contributed by atoms with Gasteiger partial charge in [-0.15, -0.1) is 0 Å². The molecule has 0 saturated heterocycles. The molecule has 0 unspecified atom stereocenters. The van der Waals surface area contributed by atoms with E-state index < -0.39 is 0 Å². The fraction of sp³-hybridized carbons (Fsp3) is 0.417. The van der Waals surface area contributed by atoms with Crippen LogP contribution in [0.3, 0.4) is 0 Å². The van der Waals surface area contributed by atoms with E-state index in [4.69, 9.17) is 18.9 Å². The smallest absolute Gasteiger partial charge is 0.230 e. The van der Waals surface area contributed by atoms with Crippen molar-refractivity contribution in [3.05, 3.63) is 89.1 Å². The molecule has 1 aliphatic carbocycles. The number of hydrogen-bond donors (Lipinski definition) is 0. The van der Waals surface area contributed by atoms with Crippen molar-refractivity contribution in [2.75, 3.05) is 48.1 Å². The first-order chi connectivity index (χ1) is 21.0. The lowest BCUT2D eigenvalue weighted by molar-refractivity contribution is -0.127. The average molecular weight is 585 g/mol.